The monoisotopic (exact) mass is 285 g/mol. The first-order valence-electron chi connectivity index (χ1n) is 5.36. The van der Waals surface area contributed by atoms with E-state index in [1.54, 1.807) is 6.07 Å². The standard InChI is InChI=1S/C11H12ClN3O2S/c1-6(16)18-8-3-10(17)15(5-8)9-2-7(12)4-14-11(9)13/h2,4,8H,3,5H2,1H3,(H2,13,14). The molecule has 96 valence electrons. The normalized spacial score (nSPS) is 19.3. The highest BCUT2D eigenvalue weighted by atomic mass is 35.5. The predicted octanol–water partition coefficient (Wildman–Crippen LogP) is 1.70. The Bertz CT molecular complexity index is 509. The Morgan fingerprint density at radius 1 is 1.67 bits per heavy atom. The molecule has 1 aliphatic rings. The topological polar surface area (TPSA) is 76.3 Å². The zero-order valence-electron chi connectivity index (χ0n) is 9.72. The second-order valence-corrected chi connectivity index (χ2v) is 5.91. The zero-order valence-corrected chi connectivity index (χ0v) is 11.3. The minimum Gasteiger partial charge on any atom is -0.382 e. The number of anilines is 2. The van der Waals surface area contributed by atoms with Gasteiger partial charge in [0.25, 0.3) is 0 Å². The molecule has 0 radical (unpaired) electrons. The van der Waals surface area contributed by atoms with Gasteiger partial charge in [0.05, 0.1) is 10.7 Å². The van der Waals surface area contributed by atoms with Gasteiger partial charge in [-0.25, -0.2) is 4.98 Å². The number of carbonyl (C=O) groups excluding carboxylic acids is 2. The van der Waals surface area contributed by atoms with Crippen molar-refractivity contribution >= 4 is 45.9 Å². The summed E-state index contributed by atoms with van der Waals surface area (Å²) in [5.74, 6) is 0.200. The fourth-order valence-corrected chi connectivity index (χ4v) is 2.95. The average Bonchev–Trinajstić information content (AvgIpc) is 2.62. The zero-order chi connectivity index (χ0) is 13.3. The van der Waals surface area contributed by atoms with Crippen LogP contribution in [0.2, 0.25) is 5.02 Å². The van der Waals surface area contributed by atoms with E-state index >= 15 is 0 Å². The van der Waals surface area contributed by atoms with Crippen molar-refractivity contribution in [1.29, 1.82) is 0 Å². The molecular weight excluding hydrogens is 274 g/mol. The molecule has 1 aromatic rings. The fraction of sp³-hybridized carbons (Fsp3) is 0.364. The second kappa shape index (κ2) is 5.16. The summed E-state index contributed by atoms with van der Waals surface area (Å²) in [6, 6.07) is 1.61. The maximum atomic E-state index is 11.9. The lowest BCUT2D eigenvalue weighted by molar-refractivity contribution is -0.117. The molecule has 1 atom stereocenters. The molecule has 2 rings (SSSR count). The lowest BCUT2D eigenvalue weighted by Gasteiger charge is -2.17. The molecule has 5 nitrogen and oxygen atoms in total. The molecule has 0 aromatic carbocycles. The minimum atomic E-state index is -0.0653. The van der Waals surface area contributed by atoms with Crippen molar-refractivity contribution in [2.75, 3.05) is 17.2 Å². The summed E-state index contributed by atoms with van der Waals surface area (Å²) < 4.78 is 0. The summed E-state index contributed by atoms with van der Waals surface area (Å²) in [7, 11) is 0. The van der Waals surface area contributed by atoms with Crippen LogP contribution >= 0.6 is 23.4 Å². The van der Waals surface area contributed by atoms with Gasteiger partial charge < -0.3 is 10.6 Å². The number of halogens is 1. The van der Waals surface area contributed by atoms with E-state index in [9.17, 15) is 9.59 Å². The van der Waals surface area contributed by atoms with Crippen LogP contribution in [0.5, 0.6) is 0 Å². The first-order chi connectivity index (χ1) is 8.47. The van der Waals surface area contributed by atoms with E-state index in [0.717, 1.165) is 0 Å². The number of amides is 1. The summed E-state index contributed by atoms with van der Waals surface area (Å²) in [5.41, 5.74) is 6.25. The number of hydrogen-bond acceptors (Lipinski definition) is 5. The number of hydrogen-bond donors (Lipinski definition) is 1. The number of nitrogen functional groups attached to an aromatic ring is 1. The highest BCUT2D eigenvalue weighted by Crippen LogP contribution is 2.32. The molecule has 7 heteroatoms. The van der Waals surface area contributed by atoms with E-state index in [0.29, 0.717) is 23.7 Å². The number of aromatic nitrogens is 1. The lowest BCUT2D eigenvalue weighted by atomic mass is 10.3. The van der Waals surface area contributed by atoms with Crippen molar-refractivity contribution in [3.63, 3.8) is 0 Å². The Labute approximate surface area is 114 Å². The number of thioether (sulfide) groups is 1. The Balaban J connectivity index is 2.21. The number of rotatable bonds is 2. The molecule has 1 unspecified atom stereocenters. The Kier molecular flexibility index (Phi) is 3.77. The van der Waals surface area contributed by atoms with Crippen LogP contribution in [0.3, 0.4) is 0 Å². The van der Waals surface area contributed by atoms with E-state index in [2.05, 4.69) is 4.98 Å². The molecule has 1 fully saturated rings. The Hall–Kier alpha value is -1.27. The molecule has 1 saturated heterocycles. The van der Waals surface area contributed by atoms with E-state index in [4.69, 9.17) is 17.3 Å². The summed E-state index contributed by atoms with van der Waals surface area (Å²) in [6.45, 7) is 1.95. The van der Waals surface area contributed by atoms with E-state index in [1.165, 1.54) is 29.8 Å². The van der Waals surface area contributed by atoms with Crippen molar-refractivity contribution in [2.45, 2.75) is 18.6 Å². The first kappa shape index (κ1) is 13.2. The van der Waals surface area contributed by atoms with Crippen molar-refractivity contribution < 1.29 is 9.59 Å². The van der Waals surface area contributed by atoms with Gasteiger partial charge in [-0.1, -0.05) is 23.4 Å². The van der Waals surface area contributed by atoms with Gasteiger partial charge in [-0.2, -0.15) is 0 Å². The number of carbonyl (C=O) groups is 2. The highest BCUT2D eigenvalue weighted by molar-refractivity contribution is 8.14. The first-order valence-corrected chi connectivity index (χ1v) is 6.61. The molecule has 0 spiro atoms. The van der Waals surface area contributed by atoms with E-state index in [-0.39, 0.29) is 22.1 Å². The van der Waals surface area contributed by atoms with Gasteiger partial charge in [0.15, 0.2) is 5.12 Å². The van der Waals surface area contributed by atoms with Crippen molar-refractivity contribution in [1.82, 2.24) is 4.98 Å². The molecule has 2 heterocycles. The van der Waals surface area contributed by atoms with Gasteiger partial charge in [0, 0.05) is 31.3 Å². The van der Waals surface area contributed by atoms with Gasteiger partial charge in [-0.15, -0.1) is 0 Å². The number of pyridine rings is 1. The maximum Gasteiger partial charge on any atom is 0.228 e. The van der Waals surface area contributed by atoms with Crippen LogP contribution in [-0.4, -0.2) is 27.8 Å². The van der Waals surface area contributed by atoms with Crippen LogP contribution in [0.25, 0.3) is 0 Å². The van der Waals surface area contributed by atoms with Gasteiger partial charge in [-0.3, -0.25) is 9.59 Å². The highest BCUT2D eigenvalue weighted by Gasteiger charge is 2.33. The van der Waals surface area contributed by atoms with Gasteiger partial charge in [-0.05, 0) is 6.07 Å². The molecule has 2 N–H and O–H groups in total. The van der Waals surface area contributed by atoms with Crippen LogP contribution in [0.15, 0.2) is 12.3 Å². The van der Waals surface area contributed by atoms with E-state index in [1.807, 2.05) is 0 Å². The van der Waals surface area contributed by atoms with Crippen molar-refractivity contribution in [3.05, 3.63) is 17.3 Å². The third-order valence-corrected chi connectivity index (χ3v) is 3.76. The third-order valence-electron chi connectivity index (χ3n) is 2.58. The Morgan fingerprint density at radius 3 is 3.06 bits per heavy atom. The fourth-order valence-electron chi connectivity index (χ4n) is 1.88. The van der Waals surface area contributed by atoms with Crippen LogP contribution in [0.1, 0.15) is 13.3 Å². The molecule has 1 aromatic heterocycles. The molecule has 0 saturated carbocycles. The minimum absolute atomic E-state index is 0.00633. The van der Waals surface area contributed by atoms with Crippen LogP contribution in [0.4, 0.5) is 11.5 Å². The third kappa shape index (κ3) is 2.76. The quantitative estimate of drug-likeness (QED) is 0.895. The number of nitrogens with two attached hydrogens (primary N) is 1. The summed E-state index contributed by atoms with van der Waals surface area (Å²) >= 11 is 7.03. The van der Waals surface area contributed by atoms with Gasteiger partial charge in [0.2, 0.25) is 5.91 Å². The van der Waals surface area contributed by atoms with Crippen molar-refractivity contribution in [2.24, 2.45) is 0 Å². The summed E-state index contributed by atoms with van der Waals surface area (Å²) in [4.78, 5) is 28.4. The number of nitrogens with zero attached hydrogens (tertiary/aromatic N) is 2. The molecule has 18 heavy (non-hydrogen) atoms. The van der Waals surface area contributed by atoms with E-state index < -0.39 is 0 Å². The average molecular weight is 286 g/mol. The van der Waals surface area contributed by atoms with Crippen molar-refractivity contribution in [3.8, 4) is 0 Å². The molecule has 1 aliphatic heterocycles. The van der Waals surface area contributed by atoms with Crippen LogP contribution in [-0.2, 0) is 9.59 Å². The second-order valence-electron chi connectivity index (χ2n) is 4.00. The molecule has 0 aliphatic carbocycles. The Morgan fingerprint density at radius 2 is 2.39 bits per heavy atom. The molecular formula is C11H12ClN3O2S. The lowest BCUT2D eigenvalue weighted by Crippen LogP contribution is -2.26. The summed E-state index contributed by atoms with van der Waals surface area (Å²) in [5, 5.41) is 0.398. The maximum absolute atomic E-state index is 11.9. The van der Waals surface area contributed by atoms with Gasteiger partial charge in [0.1, 0.15) is 5.82 Å². The SMILES string of the molecule is CC(=O)SC1CC(=O)N(c2cc(Cl)cnc2N)C1. The summed E-state index contributed by atoms with van der Waals surface area (Å²) in [6.07, 6.45) is 1.76. The van der Waals surface area contributed by atoms with Crippen LogP contribution < -0.4 is 10.6 Å². The molecule has 0 bridgehead atoms. The smallest absolute Gasteiger partial charge is 0.228 e. The molecule has 1 amide bonds. The van der Waals surface area contributed by atoms with Crippen LogP contribution in [0, 0.1) is 0 Å². The largest absolute Gasteiger partial charge is 0.382 e. The van der Waals surface area contributed by atoms with Gasteiger partial charge >= 0.3 is 0 Å². The predicted molar refractivity (Wildman–Crippen MR) is 72.7 cm³/mol.